The summed E-state index contributed by atoms with van der Waals surface area (Å²) < 4.78 is 60.7. The Balaban J connectivity index is 0.00000231. The molecule has 2 aliphatic rings. The van der Waals surface area contributed by atoms with Gasteiger partial charge in [0.1, 0.15) is 23.3 Å². The van der Waals surface area contributed by atoms with E-state index in [0.717, 1.165) is 30.7 Å². The molecule has 1 amide bonds. The summed E-state index contributed by atoms with van der Waals surface area (Å²) in [6.07, 6.45) is 3.64. The molecule has 1 aromatic heterocycles. The number of rotatable bonds is 5. The minimum Gasteiger partial charge on any atom is -0.391 e. The van der Waals surface area contributed by atoms with Crippen molar-refractivity contribution in [2.24, 2.45) is 11.7 Å². The van der Waals surface area contributed by atoms with Gasteiger partial charge in [0.25, 0.3) is 5.91 Å². The van der Waals surface area contributed by atoms with Crippen LogP contribution in [0.3, 0.4) is 0 Å². The summed E-state index contributed by atoms with van der Waals surface area (Å²) in [5, 5.41) is 12.3. The summed E-state index contributed by atoms with van der Waals surface area (Å²) in [7, 11) is 0. The van der Waals surface area contributed by atoms with Crippen molar-refractivity contribution in [1.82, 2.24) is 4.98 Å². The van der Waals surface area contributed by atoms with Crippen molar-refractivity contribution in [3.63, 3.8) is 0 Å². The molecule has 5 rings (SSSR count). The van der Waals surface area contributed by atoms with Crippen LogP contribution < -0.4 is 20.9 Å². The topological polar surface area (TPSA) is 94.7 Å². The Morgan fingerprint density at radius 1 is 1.00 bits per heavy atom. The smallest absolute Gasteiger partial charge is 0.258 e. The molecular weight excluding hydrogens is 585 g/mol. The van der Waals surface area contributed by atoms with Crippen LogP contribution in [0.2, 0.25) is 0 Å². The van der Waals surface area contributed by atoms with Crippen LogP contribution in [0, 0.1) is 29.2 Å². The molecule has 2 aromatic carbocycles. The van der Waals surface area contributed by atoms with Gasteiger partial charge < -0.3 is 26.0 Å². The number of anilines is 3. The quantitative estimate of drug-likeness (QED) is 0.344. The SMILES string of the molecule is C[C@@H]1C[C@H](N)CN(c2ccncc2NC(=O)c2ccc(F)c(-c3c(F)cc(N4CC[C@@H](O)C4)cc3F)c2F)C1.Cl.Cl. The lowest BCUT2D eigenvalue weighted by molar-refractivity contribution is 0.102. The Morgan fingerprint density at radius 2 is 1.71 bits per heavy atom. The molecule has 41 heavy (non-hydrogen) atoms. The molecule has 2 saturated heterocycles. The third kappa shape index (κ3) is 6.69. The number of nitrogens with one attached hydrogen (secondary N) is 1. The largest absolute Gasteiger partial charge is 0.391 e. The monoisotopic (exact) mass is 615 g/mol. The van der Waals surface area contributed by atoms with Crippen LogP contribution in [-0.2, 0) is 0 Å². The Labute approximate surface area is 247 Å². The number of pyridine rings is 1. The number of amides is 1. The van der Waals surface area contributed by atoms with Gasteiger partial charge in [0.15, 0.2) is 0 Å². The van der Waals surface area contributed by atoms with Crippen molar-refractivity contribution in [3.8, 4) is 11.1 Å². The molecular formula is C28H31Cl2F4N5O2. The number of aliphatic hydroxyl groups excluding tert-OH is 1. The Hall–Kier alpha value is -3.12. The van der Waals surface area contributed by atoms with Gasteiger partial charge in [-0.15, -0.1) is 24.8 Å². The predicted molar refractivity (Wildman–Crippen MR) is 155 cm³/mol. The van der Waals surface area contributed by atoms with Gasteiger partial charge in [-0.25, -0.2) is 17.6 Å². The van der Waals surface area contributed by atoms with Gasteiger partial charge in [-0.05, 0) is 49.1 Å². The van der Waals surface area contributed by atoms with Crippen molar-refractivity contribution in [2.45, 2.75) is 31.9 Å². The fourth-order valence-corrected chi connectivity index (χ4v) is 5.46. The highest BCUT2D eigenvalue weighted by molar-refractivity contribution is 6.06. The number of benzene rings is 2. The minimum absolute atomic E-state index is 0. The first-order valence-electron chi connectivity index (χ1n) is 12.8. The zero-order chi connectivity index (χ0) is 27.8. The van der Waals surface area contributed by atoms with Crippen LogP contribution in [0.25, 0.3) is 11.1 Å². The maximum absolute atomic E-state index is 15.6. The lowest BCUT2D eigenvalue weighted by atomic mass is 9.96. The van der Waals surface area contributed by atoms with Crippen LogP contribution >= 0.6 is 24.8 Å². The van der Waals surface area contributed by atoms with Crippen molar-refractivity contribution in [2.75, 3.05) is 41.3 Å². The highest BCUT2D eigenvalue weighted by Crippen LogP contribution is 2.36. The highest BCUT2D eigenvalue weighted by Gasteiger charge is 2.29. The zero-order valence-corrected chi connectivity index (χ0v) is 23.8. The lowest BCUT2D eigenvalue weighted by Crippen LogP contribution is -2.46. The summed E-state index contributed by atoms with van der Waals surface area (Å²) in [4.78, 5) is 20.8. The molecule has 7 nitrogen and oxygen atoms in total. The van der Waals surface area contributed by atoms with E-state index in [1.54, 1.807) is 17.2 Å². The first kappa shape index (κ1) is 32.4. The number of carbonyl (C=O) groups excluding carboxylic acids is 1. The summed E-state index contributed by atoms with van der Waals surface area (Å²) in [5.74, 6) is -5.60. The van der Waals surface area contributed by atoms with Crippen molar-refractivity contribution in [3.05, 3.63) is 71.6 Å². The first-order chi connectivity index (χ1) is 18.6. The molecule has 2 fully saturated rings. The predicted octanol–water partition coefficient (Wildman–Crippen LogP) is 5.15. The van der Waals surface area contributed by atoms with Crippen LogP contribution in [0.1, 0.15) is 30.1 Å². The van der Waals surface area contributed by atoms with E-state index in [1.165, 1.54) is 6.20 Å². The van der Waals surface area contributed by atoms with Crippen LogP contribution in [0.5, 0.6) is 0 Å². The number of aromatic nitrogens is 1. The Morgan fingerprint density at radius 3 is 2.34 bits per heavy atom. The van der Waals surface area contributed by atoms with Crippen molar-refractivity contribution in [1.29, 1.82) is 0 Å². The molecule has 222 valence electrons. The molecule has 3 heterocycles. The molecule has 0 saturated carbocycles. The average Bonchev–Trinajstić information content (AvgIpc) is 3.31. The number of halogens is 6. The van der Waals surface area contributed by atoms with Gasteiger partial charge in [0.05, 0.1) is 40.4 Å². The van der Waals surface area contributed by atoms with E-state index < -0.39 is 52.0 Å². The van der Waals surface area contributed by atoms with E-state index in [-0.39, 0.29) is 43.1 Å². The number of hydrogen-bond donors (Lipinski definition) is 3. The van der Waals surface area contributed by atoms with Gasteiger partial charge >= 0.3 is 0 Å². The van der Waals surface area contributed by atoms with Gasteiger partial charge in [0, 0.05) is 44.1 Å². The molecule has 4 N–H and O–H groups in total. The highest BCUT2D eigenvalue weighted by atomic mass is 35.5. The molecule has 0 aliphatic carbocycles. The van der Waals surface area contributed by atoms with E-state index in [9.17, 15) is 14.3 Å². The second-order valence-electron chi connectivity index (χ2n) is 10.3. The molecule has 0 unspecified atom stereocenters. The van der Waals surface area contributed by atoms with Gasteiger partial charge in [-0.2, -0.15) is 0 Å². The van der Waals surface area contributed by atoms with Crippen LogP contribution in [0.4, 0.5) is 34.6 Å². The third-order valence-electron chi connectivity index (χ3n) is 7.22. The van der Waals surface area contributed by atoms with Crippen LogP contribution in [-0.4, -0.2) is 54.3 Å². The molecule has 2 aliphatic heterocycles. The number of nitrogens with two attached hydrogens (primary N) is 1. The minimum atomic E-state index is -1.39. The maximum Gasteiger partial charge on any atom is 0.258 e. The molecule has 0 radical (unpaired) electrons. The number of aliphatic hydroxyl groups is 1. The van der Waals surface area contributed by atoms with E-state index in [4.69, 9.17) is 5.73 Å². The standard InChI is InChI=1S/C28H29F4N5O2.2ClH/c1-15-8-16(33)13-37(12-15)24-4-6-34-11-23(24)35-28(39)19-2-3-20(29)26(27(19)32)25-21(30)9-17(10-22(25)31)36-7-5-18(38)14-36;;/h2-4,6,9-11,15-16,18,38H,5,7-8,12-14,33H2,1H3,(H,35,39);2*1H/t15-,16+,18-;;/m1../s1. The lowest BCUT2D eigenvalue weighted by Gasteiger charge is -2.37. The fraction of sp³-hybridized carbons (Fsp3) is 0.357. The number of β-amino-alcohol motifs (C(OH)–C–C–N with tert-alkyl or cyclic N) is 1. The van der Waals surface area contributed by atoms with E-state index >= 15 is 13.2 Å². The van der Waals surface area contributed by atoms with E-state index in [0.29, 0.717) is 43.3 Å². The number of carbonyl (C=O) groups is 1. The van der Waals surface area contributed by atoms with Gasteiger partial charge in [-0.3, -0.25) is 9.78 Å². The molecule has 3 atom stereocenters. The zero-order valence-electron chi connectivity index (χ0n) is 22.1. The summed E-state index contributed by atoms with van der Waals surface area (Å²) in [6.45, 7) is 3.89. The summed E-state index contributed by atoms with van der Waals surface area (Å²) >= 11 is 0. The molecule has 0 spiro atoms. The normalized spacial score (nSPS) is 20.3. The van der Waals surface area contributed by atoms with Gasteiger partial charge in [0.2, 0.25) is 0 Å². The fourth-order valence-electron chi connectivity index (χ4n) is 5.46. The number of hydrogen-bond acceptors (Lipinski definition) is 6. The van der Waals surface area contributed by atoms with Crippen molar-refractivity contribution >= 4 is 47.8 Å². The van der Waals surface area contributed by atoms with Crippen LogP contribution in [0.15, 0.2) is 42.7 Å². The number of nitrogens with zero attached hydrogens (tertiary/aromatic N) is 3. The van der Waals surface area contributed by atoms with Gasteiger partial charge in [-0.1, -0.05) is 6.92 Å². The third-order valence-corrected chi connectivity index (χ3v) is 7.22. The second-order valence-corrected chi connectivity index (χ2v) is 10.3. The maximum atomic E-state index is 15.6. The average molecular weight is 616 g/mol. The Bertz CT molecular complexity index is 1380. The molecule has 0 bridgehead atoms. The van der Waals surface area contributed by atoms with E-state index in [1.807, 2.05) is 4.90 Å². The Kier molecular flexibility index (Phi) is 10.5. The summed E-state index contributed by atoms with van der Waals surface area (Å²) in [6, 6.07) is 5.30. The first-order valence-corrected chi connectivity index (χ1v) is 12.8. The molecule has 3 aromatic rings. The second kappa shape index (κ2) is 13.2. The van der Waals surface area contributed by atoms with Crippen molar-refractivity contribution < 1.29 is 27.5 Å². The summed E-state index contributed by atoms with van der Waals surface area (Å²) in [5.41, 5.74) is 4.78. The molecule has 13 heteroatoms. The number of piperidine rings is 1. The van der Waals surface area contributed by atoms with E-state index in [2.05, 4.69) is 17.2 Å².